The lowest BCUT2D eigenvalue weighted by Gasteiger charge is -2.20. The summed E-state index contributed by atoms with van der Waals surface area (Å²) in [5.74, 6) is -0.219. The Morgan fingerprint density at radius 1 is 1.41 bits per heavy atom. The third-order valence-corrected chi connectivity index (χ3v) is 3.03. The second-order valence-corrected chi connectivity index (χ2v) is 5.67. The van der Waals surface area contributed by atoms with Gasteiger partial charge < -0.3 is 4.74 Å². The number of ether oxygens (including phenoxy) is 1. The average molecular weight is 243 g/mol. The standard InChI is InChI=1S/C12H21NO4/c1-12(2,3)17-11(14)8-7-9-5-4-6-10(9)13(15)16/h9-10H,4-8H2,1-3H3. The van der Waals surface area contributed by atoms with Crippen molar-refractivity contribution in [1.82, 2.24) is 0 Å². The number of hydrogen-bond donors (Lipinski definition) is 0. The number of hydrogen-bond acceptors (Lipinski definition) is 4. The summed E-state index contributed by atoms with van der Waals surface area (Å²) >= 11 is 0. The highest BCUT2D eigenvalue weighted by Gasteiger charge is 2.36. The fourth-order valence-electron chi connectivity index (χ4n) is 2.33. The number of carbonyl (C=O) groups is 1. The molecule has 0 N–H and O–H groups in total. The molecule has 5 heteroatoms. The molecule has 0 aromatic rings. The van der Waals surface area contributed by atoms with Crippen molar-refractivity contribution in [2.24, 2.45) is 5.92 Å². The van der Waals surface area contributed by atoms with E-state index in [0.717, 1.165) is 12.8 Å². The molecule has 1 aliphatic rings. The summed E-state index contributed by atoms with van der Waals surface area (Å²) in [5.41, 5.74) is -0.477. The minimum Gasteiger partial charge on any atom is -0.460 e. The predicted molar refractivity (Wildman–Crippen MR) is 63.2 cm³/mol. The first-order chi connectivity index (χ1) is 7.79. The molecule has 2 unspecified atom stereocenters. The molecule has 0 radical (unpaired) electrons. The quantitative estimate of drug-likeness (QED) is 0.432. The van der Waals surface area contributed by atoms with Crippen LogP contribution in [0.15, 0.2) is 0 Å². The zero-order chi connectivity index (χ0) is 13.1. The number of rotatable bonds is 4. The largest absolute Gasteiger partial charge is 0.460 e. The van der Waals surface area contributed by atoms with Gasteiger partial charge in [-0.25, -0.2) is 0 Å². The Hall–Kier alpha value is -1.13. The SMILES string of the molecule is CC(C)(C)OC(=O)CCC1CCCC1[N+](=O)[O-]. The number of nitro groups is 1. The Kier molecular flexibility index (Phi) is 4.48. The van der Waals surface area contributed by atoms with E-state index in [1.54, 1.807) is 0 Å². The third-order valence-electron chi connectivity index (χ3n) is 3.03. The molecule has 0 aliphatic heterocycles. The first-order valence-electron chi connectivity index (χ1n) is 6.15. The van der Waals surface area contributed by atoms with Gasteiger partial charge in [-0.05, 0) is 40.0 Å². The molecular weight excluding hydrogens is 222 g/mol. The average Bonchev–Trinajstić information content (AvgIpc) is 2.59. The Balaban J connectivity index is 2.35. The van der Waals surface area contributed by atoms with Gasteiger partial charge in [0.05, 0.1) is 0 Å². The van der Waals surface area contributed by atoms with Crippen LogP contribution in [0.4, 0.5) is 0 Å². The summed E-state index contributed by atoms with van der Waals surface area (Å²) in [7, 11) is 0. The molecule has 2 atom stereocenters. The van der Waals surface area contributed by atoms with Crippen molar-refractivity contribution in [3.8, 4) is 0 Å². The Morgan fingerprint density at radius 2 is 2.06 bits per heavy atom. The lowest BCUT2D eigenvalue weighted by molar-refractivity contribution is -0.528. The van der Waals surface area contributed by atoms with Crippen LogP contribution in [0, 0.1) is 16.0 Å². The molecule has 0 bridgehead atoms. The van der Waals surface area contributed by atoms with Crippen molar-refractivity contribution in [2.45, 2.75) is 64.5 Å². The maximum absolute atomic E-state index is 11.5. The summed E-state index contributed by atoms with van der Waals surface area (Å²) in [5, 5.41) is 10.8. The number of nitrogens with zero attached hydrogens (tertiary/aromatic N) is 1. The van der Waals surface area contributed by atoms with Crippen LogP contribution in [0.1, 0.15) is 52.9 Å². The first-order valence-corrected chi connectivity index (χ1v) is 6.15. The molecule has 1 fully saturated rings. The van der Waals surface area contributed by atoms with E-state index in [2.05, 4.69) is 0 Å². The zero-order valence-electron chi connectivity index (χ0n) is 10.8. The molecule has 0 aromatic carbocycles. The number of esters is 1. The minimum absolute atomic E-state index is 0.0394. The monoisotopic (exact) mass is 243 g/mol. The van der Waals surface area contributed by atoms with Gasteiger partial charge in [0.2, 0.25) is 6.04 Å². The van der Waals surface area contributed by atoms with Crippen LogP contribution in [-0.4, -0.2) is 22.5 Å². The van der Waals surface area contributed by atoms with Gasteiger partial charge in [-0.2, -0.15) is 0 Å². The lowest BCUT2D eigenvalue weighted by Crippen LogP contribution is -2.27. The minimum atomic E-state index is -0.477. The van der Waals surface area contributed by atoms with Crippen LogP contribution >= 0.6 is 0 Å². The molecule has 5 nitrogen and oxygen atoms in total. The zero-order valence-corrected chi connectivity index (χ0v) is 10.8. The van der Waals surface area contributed by atoms with E-state index >= 15 is 0 Å². The van der Waals surface area contributed by atoms with Crippen molar-refractivity contribution >= 4 is 5.97 Å². The fraction of sp³-hybridized carbons (Fsp3) is 0.917. The van der Waals surface area contributed by atoms with E-state index in [9.17, 15) is 14.9 Å². The Bertz CT molecular complexity index is 295. The molecule has 0 aromatic heterocycles. The van der Waals surface area contributed by atoms with E-state index < -0.39 is 11.6 Å². The maximum Gasteiger partial charge on any atom is 0.306 e. The highest BCUT2D eigenvalue weighted by atomic mass is 16.6. The summed E-state index contributed by atoms with van der Waals surface area (Å²) in [6.45, 7) is 5.46. The molecule has 0 heterocycles. The van der Waals surface area contributed by atoms with Gasteiger partial charge in [-0.15, -0.1) is 0 Å². The van der Waals surface area contributed by atoms with E-state index in [1.165, 1.54) is 0 Å². The Morgan fingerprint density at radius 3 is 2.59 bits per heavy atom. The summed E-state index contributed by atoms with van der Waals surface area (Å²) in [6.07, 6.45) is 3.25. The topological polar surface area (TPSA) is 69.4 Å². The molecular formula is C12H21NO4. The second kappa shape index (κ2) is 5.47. The molecule has 1 rings (SSSR count). The van der Waals surface area contributed by atoms with Gasteiger partial charge in [0.1, 0.15) is 5.60 Å². The van der Waals surface area contributed by atoms with Crippen LogP contribution < -0.4 is 0 Å². The van der Waals surface area contributed by atoms with Crippen LogP contribution in [0.3, 0.4) is 0 Å². The van der Waals surface area contributed by atoms with E-state index in [1.807, 2.05) is 20.8 Å². The normalized spacial score (nSPS) is 24.6. The van der Waals surface area contributed by atoms with Crippen LogP contribution in [-0.2, 0) is 9.53 Å². The highest BCUT2D eigenvalue weighted by molar-refractivity contribution is 5.69. The molecule has 1 aliphatic carbocycles. The van der Waals surface area contributed by atoms with Crippen molar-refractivity contribution < 1.29 is 14.5 Å². The van der Waals surface area contributed by atoms with Crippen molar-refractivity contribution in [1.29, 1.82) is 0 Å². The van der Waals surface area contributed by atoms with Gasteiger partial charge in [0.15, 0.2) is 0 Å². The van der Waals surface area contributed by atoms with Gasteiger partial charge in [-0.1, -0.05) is 0 Å². The van der Waals surface area contributed by atoms with Crippen LogP contribution in [0.25, 0.3) is 0 Å². The molecule has 0 amide bonds. The second-order valence-electron chi connectivity index (χ2n) is 5.67. The van der Waals surface area contributed by atoms with Gasteiger partial charge in [-0.3, -0.25) is 14.9 Å². The smallest absolute Gasteiger partial charge is 0.306 e. The molecule has 1 saturated carbocycles. The Labute approximate surface area is 102 Å². The van der Waals surface area contributed by atoms with Crippen LogP contribution in [0.5, 0.6) is 0 Å². The molecule has 17 heavy (non-hydrogen) atoms. The fourth-order valence-corrected chi connectivity index (χ4v) is 2.33. The molecule has 98 valence electrons. The van der Waals surface area contributed by atoms with E-state index in [4.69, 9.17) is 4.74 Å². The van der Waals surface area contributed by atoms with Crippen molar-refractivity contribution in [3.63, 3.8) is 0 Å². The maximum atomic E-state index is 11.5. The summed E-state index contributed by atoms with van der Waals surface area (Å²) in [4.78, 5) is 22.1. The highest BCUT2D eigenvalue weighted by Crippen LogP contribution is 2.31. The van der Waals surface area contributed by atoms with Crippen LogP contribution in [0.2, 0.25) is 0 Å². The predicted octanol–water partition coefficient (Wildman–Crippen LogP) is 2.55. The van der Waals surface area contributed by atoms with Gasteiger partial charge >= 0.3 is 5.97 Å². The van der Waals surface area contributed by atoms with Gasteiger partial charge in [0.25, 0.3) is 0 Å². The number of carbonyl (C=O) groups excluding carboxylic acids is 1. The van der Waals surface area contributed by atoms with E-state index in [-0.39, 0.29) is 23.2 Å². The van der Waals surface area contributed by atoms with Gasteiger partial charge in [0, 0.05) is 23.7 Å². The first kappa shape index (κ1) is 13.9. The van der Waals surface area contributed by atoms with Crippen molar-refractivity contribution in [2.75, 3.05) is 0 Å². The van der Waals surface area contributed by atoms with Crippen molar-refractivity contribution in [3.05, 3.63) is 10.1 Å². The molecule has 0 saturated heterocycles. The third kappa shape index (κ3) is 4.71. The summed E-state index contributed by atoms with van der Waals surface area (Å²) in [6, 6.07) is -0.461. The van der Waals surface area contributed by atoms with E-state index in [0.29, 0.717) is 12.8 Å². The molecule has 0 spiro atoms. The lowest BCUT2D eigenvalue weighted by atomic mass is 9.98. The summed E-state index contributed by atoms with van der Waals surface area (Å²) < 4.78 is 5.18.